The number of fused-ring (bicyclic) bond motifs is 1. The van der Waals surface area contributed by atoms with Crippen LogP contribution in [0.2, 0.25) is 0 Å². The van der Waals surface area contributed by atoms with Gasteiger partial charge in [0.1, 0.15) is 0 Å². The van der Waals surface area contributed by atoms with E-state index in [-0.39, 0.29) is 0 Å². The van der Waals surface area contributed by atoms with Crippen molar-refractivity contribution < 1.29 is 0 Å². The van der Waals surface area contributed by atoms with E-state index in [9.17, 15) is 0 Å². The van der Waals surface area contributed by atoms with Gasteiger partial charge in [0.05, 0.1) is 0 Å². The third kappa shape index (κ3) is 3.05. The SMILES string of the molecule is CCN(CC)C(C)Cc1ccc2c(c1)CCCN2. The summed E-state index contributed by atoms with van der Waals surface area (Å²) in [5, 5.41) is 3.48. The summed E-state index contributed by atoms with van der Waals surface area (Å²) in [7, 11) is 0. The molecule has 0 bridgehead atoms. The Kier molecular flexibility index (Phi) is 4.65. The Bertz CT molecular complexity index is 383. The van der Waals surface area contributed by atoms with Crippen LogP contribution in [0.1, 0.15) is 38.3 Å². The van der Waals surface area contributed by atoms with Crippen LogP contribution in [0.3, 0.4) is 0 Å². The van der Waals surface area contributed by atoms with Crippen molar-refractivity contribution in [2.45, 2.75) is 46.1 Å². The molecule has 0 radical (unpaired) electrons. The van der Waals surface area contributed by atoms with Gasteiger partial charge in [-0.05, 0) is 56.5 Å². The summed E-state index contributed by atoms with van der Waals surface area (Å²) in [6.07, 6.45) is 3.66. The quantitative estimate of drug-likeness (QED) is 0.857. The Labute approximate surface area is 111 Å². The Morgan fingerprint density at radius 1 is 1.28 bits per heavy atom. The third-order valence-electron chi connectivity index (χ3n) is 4.07. The maximum absolute atomic E-state index is 3.48. The van der Waals surface area contributed by atoms with Gasteiger partial charge in [-0.2, -0.15) is 0 Å². The maximum atomic E-state index is 3.48. The number of likely N-dealkylation sites (N-methyl/N-ethyl adjacent to an activating group) is 1. The summed E-state index contributed by atoms with van der Waals surface area (Å²) in [6.45, 7) is 10.2. The summed E-state index contributed by atoms with van der Waals surface area (Å²) in [6, 6.07) is 7.59. The summed E-state index contributed by atoms with van der Waals surface area (Å²) in [5.74, 6) is 0. The zero-order chi connectivity index (χ0) is 13.0. The first-order valence-electron chi connectivity index (χ1n) is 7.34. The number of benzene rings is 1. The summed E-state index contributed by atoms with van der Waals surface area (Å²) in [5.41, 5.74) is 4.34. The lowest BCUT2D eigenvalue weighted by Gasteiger charge is -2.27. The molecule has 2 heteroatoms. The molecule has 1 aliphatic heterocycles. The second kappa shape index (κ2) is 6.24. The van der Waals surface area contributed by atoms with Gasteiger partial charge in [-0.25, -0.2) is 0 Å². The molecule has 0 spiro atoms. The lowest BCUT2D eigenvalue weighted by molar-refractivity contribution is 0.230. The minimum absolute atomic E-state index is 0.634. The molecule has 1 heterocycles. The second-order valence-corrected chi connectivity index (χ2v) is 5.30. The first-order valence-corrected chi connectivity index (χ1v) is 7.34. The van der Waals surface area contributed by atoms with E-state index in [0.717, 1.165) is 26.1 Å². The zero-order valence-corrected chi connectivity index (χ0v) is 12.0. The van der Waals surface area contributed by atoms with E-state index >= 15 is 0 Å². The van der Waals surface area contributed by atoms with Crippen molar-refractivity contribution in [3.05, 3.63) is 29.3 Å². The molecule has 0 saturated carbocycles. The average molecular weight is 246 g/mol. The minimum atomic E-state index is 0.634. The van der Waals surface area contributed by atoms with Crippen LogP contribution in [0.4, 0.5) is 5.69 Å². The van der Waals surface area contributed by atoms with Crippen molar-refractivity contribution in [2.24, 2.45) is 0 Å². The molecule has 1 atom stereocenters. The average Bonchev–Trinajstić information content (AvgIpc) is 2.40. The normalized spacial score (nSPS) is 16.2. The van der Waals surface area contributed by atoms with Crippen LogP contribution in [0.5, 0.6) is 0 Å². The predicted octanol–water partition coefficient (Wildman–Crippen LogP) is 3.32. The zero-order valence-electron chi connectivity index (χ0n) is 12.0. The molecule has 1 unspecified atom stereocenters. The number of nitrogens with one attached hydrogen (secondary N) is 1. The van der Waals surface area contributed by atoms with E-state index < -0.39 is 0 Å². The van der Waals surface area contributed by atoms with Crippen LogP contribution in [-0.2, 0) is 12.8 Å². The molecular weight excluding hydrogens is 220 g/mol. The van der Waals surface area contributed by atoms with Crippen molar-refractivity contribution in [3.63, 3.8) is 0 Å². The smallest absolute Gasteiger partial charge is 0.0372 e. The van der Waals surface area contributed by atoms with Gasteiger partial charge in [0, 0.05) is 18.3 Å². The monoisotopic (exact) mass is 246 g/mol. The van der Waals surface area contributed by atoms with Crippen molar-refractivity contribution in [1.82, 2.24) is 4.90 Å². The van der Waals surface area contributed by atoms with Crippen LogP contribution in [0.15, 0.2) is 18.2 Å². The van der Waals surface area contributed by atoms with Gasteiger partial charge in [0.15, 0.2) is 0 Å². The highest BCUT2D eigenvalue weighted by Crippen LogP contribution is 2.23. The van der Waals surface area contributed by atoms with Crippen LogP contribution in [0, 0.1) is 0 Å². The molecule has 0 amide bonds. The largest absolute Gasteiger partial charge is 0.385 e. The van der Waals surface area contributed by atoms with E-state index in [1.807, 2.05) is 0 Å². The standard InChI is InChI=1S/C16H26N2/c1-4-18(5-2)13(3)11-14-8-9-16-15(12-14)7-6-10-17-16/h8-9,12-13,17H,4-7,10-11H2,1-3H3. The highest BCUT2D eigenvalue weighted by Gasteiger charge is 2.13. The molecule has 0 saturated heterocycles. The Morgan fingerprint density at radius 3 is 2.78 bits per heavy atom. The third-order valence-corrected chi connectivity index (χ3v) is 4.07. The van der Waals surface area contributed by atoms with Gasteiger partial charge < -0.3 is 10.2 Å². The fourth-order valence-corrected chi connectivity index (χ4v) is 2.97. The number of anilines is 1. The van der Waals surface area contributed by atoms with E-state index in [4.69, 9.17) is 0 Å². The van der Waals surface area contributed by atoms with E-state index in [0.29, 0.717) is 6.04 Å². The van der Waals surface area contributed by atoms with Gasteiger partial charge in [-0.15, -0.1) is 0 Å². The van der Waals surface area contributed by atoms with Crippen molar-refractivity contribution in [2.75, 3.05) is 25.0 Å². The number of rotatable bonds is 5. The number of aryl methyl sites for hydroxylation is 1. The fraction of sp³-hybridized carbons (Fsp3) is 0.625. The highest BCUT2D eigenvalue weighted by molar-refractivity contribution is 5.54. The van der Waals surface area contributed by atoms with Crippen molar-refractivity contribution in [1.29, 1.82) is 0 Å². The molecule has 2 nitrogen and oxygen atoms in total. The van der Waals surface area contributed by atoms with Crippen LogP contribution >= 0.6 is 0 Å². The van der Waals surface area contributed by atoms with Crippen molar-refractivity contribution in [3.8, 4) is 0 Å². The van der Waals surface area contributed by atoms with Gasteiger partial charge >= 0.3 is 0 Å². The summed E-state index contributed by atoms with van der Waals surface area (Å²) >= 11 is 0. The van der Waals surface area contributed by atoms with Gasteiger partial charge in [-0.3, -0.25) is 0 Å². The second-order valence-electron chi connectivity index (χ2n) is 5.30. The molecule has 18 heavy (non-hydrogen) atoms. The van der Waals surface area contributed by atoms with Crippen LogP contribution in [-0.4, -0.2) is 30.6 Å². The van der Waals surface area contributed by atoms with Gasteiger partial charge in [0.25, 0.3) is 0 Å². The molecular formula is C16H26N2. The van der Waals surface area contributed by atoms with Crippen LogP contribution < -0.4 is 5.32 Å². The molecule has 1 aliphatic rings. The number of hydrogen-bond donors (Lipinski definition) is 1. The topological polar surface area (TPSA) is 15.3 Å². The van der Waals surface area contributed by atoms with E-state index in [2.05, 4.69) is 49.2 Å². The molecule has 1 N–H and O–H groups in total. The van der Waals surface area contributed by atoms with Crippen molar-refractivity contribution >= 4 is 5.69 Å². The van der Waals surface area contributed by atoms with Crippen LogP contribution in [0.25, 0.3) is 0 Å². The molecule has 0 aromatic heterocycles. The molecule has 0 aliphatic carbocycles. The number of nitrogens with zero attached hydrogens (tertiary/aromatic N) is 1. The maximum Gasteiger partial charge on any atom is 0.0372 e. The van der Waals surface area contributed by atoms with E-state index in [1.165, 1.54) is 29.7 Å². The Balaban J connectivity index is 2.05. The highest BCUT2D eigenvalue weighted by atomic mass is 15.1. The first kappa shape index (κ1) is 13.4. The lowest BCUT2D eigenvalue weighted by atomic mass is 9.97. The predicted molar refractivity (Wildman–Crippen MR) is 79.3 cm³/mol. The molecule has 2 rings (SSSR count). The van der Waals surface area contributed by atoms with Gasteiger partial charge in [-0.1, -0.05) is 26.0 Å². The Hall–Kier alpha value is -1.02. The first-order chi connectivity index (χ1) is 8.74. The lowest BCUT2D eigenvalue weighted by Crippen LogP contribution is -2.34. The Morgan fingerprint density at radius 2 is 2.06 bits per heavy atom. The molecule has 1 aromatic carbocycles. The molecule has 100 valence electrons. The summed E-state index contributed by atoms with van der Waals surface area (Å²) < 4.78 is 0. The minimum Gasteiger partial charge on any atom is -0.385 e. The van der Waals surface area contributed by atoms with Gasteiger partial charge in [0.2, 0.25) is 0 Å². The van der Waals surface area contributed by atoms with E-state index in [1.54, 1.807) is 0 Å². The fourth-order valence-electron chi connectivity index (χ4n) is 2.97. The molecule has 1 aromatic rings. The summed E-state index contributed by atoms with van der Waals surface area (Å²) in [4.78, 5) is 2.53. The molecule has 0 fully saturated rings. The number of hydrogen-bond acceptors (Lipinski definition) is 2.